The van der Waals surface area contributed by atoms with Gasteiger partial charge in [0.05, 0.1) is 6.10 Å². The second-order valence-electron chi connectivity index (χ2n) is 4.25. The predicted octanol–water partition coefficient (Wildman–Crippen LogP) is 2.97. The summed E-state index contributed by atoms with van der Waals surface area (Å²) < 4.78 is 0. The molecule has 1 heteroatoms. The maximum absolute atomic E-state index is 9.36. The van der Waals surface area contributed by atoms with Crippen molar-refractivity contribution in [1.29, 1.82) is 0 Å². The highest BCUT2D eigenvalue weighted by Crippen LogP contribution is 2.32. The number of aliphatic hydroxyl groups is 1. The fraction of sp³-hybridized carbons (Fsp3) is 1.00. The Balaban J connectivity index is 2.21. The van der Waals surface area contributed by atoms with E-state index in [0.717, 1.165) is 24.7 Å². The third kappa shape index (κ3) is 2.78. The molecule has 0 aromatic carbocycles. The van der Waals surface area contributed by atoms with Gasteiger partial charge in [-0.3, -0.25) is 0 Å². The average Bonchev–Trinajstić information content (AvgIpc) is 2.47. The van der Waals surface area contributed by atoms with Gasteiger partial charge in [-0.15, -0.1) is 0 Å². The van der Waals surface area contributed by atoms with Crippen molar-refractivity contribution < 1.29 is 5.11 Å². The first-order valence-corrected chi connectivity index (χ1v) is 5.44. The van der Waals surface area contributed by atoms with Crippen LogP contribution in [0, 0.1) is 11.8 Å². The van der Waals surface area contributed by atoms with Gasteiger partial charge in [-0.2, -0.15) is 0 Å². The normalized spacial score (nSPS) is 30.0. The molecule has 1 N–H and O–H groups in total. The van der Waals surface area contributed by atoms with Crippen LogP contribution in [0.4, 0.5) is 0 Å². The van der Waals surface area contributed by atoms with Crippen molar-refractivity contribution in [1.82, 2.24) is 0 Å². The highest BCUT2D eigenvalue weighted by atomic mass is 16.3. The van der Waals surface area contributed by atoms with Gasteiger partial charge in [-0.25, -0.2) is 0 Å². The Morgan fingerprint density at radius 2 is 1.92 bits per heavy atom. The second kappa shape index (κ2) is 4.86. The Kier molecular flexibility index (Phi) is 4.07. The van der Waals surface area contributed by atoms with E-state index in [0.29, 0.717) is 0 Å². The van der Waals surface area contributed by atoms with Gasteiger partial charge in [-0.05, 0) is 37.5 Å². The minimum absolute atomic E-state index is 0.0179. The molecule has 0 spiro atoms. The molecule has 0 radical (unpaired) electrons. The fourth-order valence-corrected chi connectivity index (χ4v) is 2.36. The first kappa shape index (κ1) is 10.0. The Labute approximate surface area is 76.2 Å². The molecule has 1 rings (SSSR count). The van der Waals surface area contributed by atoms with Crippen LogP contribution in [0.1, 0.15) is 52.4 Å². The molecular formula is C11H22O. The van der Waals surface area contributed by atoms with Gasteiger partial charge < -0.3 is 5.11 Å². The summed E-state index contributed by atoms with van der Waals surface area (Å²) in [6.45, 7) is 4.55. The molecule has 2 atom stereocenters. The molecule has 0 heterocycles. The molecule has 2 unspecified atom stereocenters. The van der Waals surface area contributed by atoms with Crippen molar-refractivity contribution in [2.75, 3.05) is 0 Å². The maximum Gasteiger partial charge on any atom is 0.0543 e. The molecular weight excluding hydrogens is 148 g/mol. The van der Waals surface area contributed by atoms with E-state index >= 15 is 0 Å². The molecule has 0 aromatic rings. The first-order valence-electron chi connectivity index (χ1n) is 5.44. The van der Waals surface area contributed by atoms with Gasteiger partial charge >= 0.3 is 0 Å². The van der Waals surface area contributed by atoms with Crippen LogP contribution in [0.2, 0.25) is 0 Å². The largest absolute Gasteiger partial charge is 0.393 e. The van der Waals surface area contributed by atoms with Crippen LogP contribution in [-0.4, -0.2) is 11.2 Å². The highest BCUT2D eigenvalue weighted by molar-refractivity contribution is 4.76. The Hall–Kier alpha value is -0.0400. The van der Waals surface area contributed by atoms with E-state index in [1.807, 2.05) is 0 Å². The lowest BCUT2D eigenvalue weighted by molar-refractivity contribution is 0.174. The molecule has 0 bridgehead atoms. The maximum atomic E-state index is 9.36. The second-order valence-corrected chi connectivity index (χ2v) is 4.25. The van der Waals surface area contributed by atoms with E-state index in [2.05, 4.69) is 13.8 Å². The van der Waals surface area contributed by atoms with Crippen molar-refractivity contribution in [2.45, 2.75) is 58.5 Å². The van der Waals surface area contributed by atoms with Crippen LogP contribution in [0.5, 0.6) is 0 Å². The van der Waals surface area contributed by atoms with Gasteiger partial charge in [0.2, 0.25) is 0 Å². The van der Waals surface area contributed by atoms with Crippen molar-refractivity contribution in [2.24, 2.45) is 11.8 Å². The van der Waals surface area contributed by atoms with Gasteiger partial charge in [0.25, 0.3) is 0 Å². The van der Waals surface area contributed by atoms with E-state index in [1.54, 1.807) is 0 Å². The monoisotopic (exact) mass is 170 g/mol. The topological polar surface area (TPSA) is 20.2 Å². The number of rotatable bonds is 4. The van der Waals surface area contributed by atoms with Crippen LogP contribution in [0.25, 0.3) is 0 Å². The van der Waals surface area contributed by atoms with Gasteiger partial charge in [0.15, 0.2) is 0 Å². The molecule has 1 aliphatic carbocycles. The van der Waals surface area contributed by atoms with Crippen LogP contribution in [-0.2, 0) is 0 Å². The van der Waals surface area contributed by atoms with Gasteiger partial charge in [0.1, 0.15) is 0 Å². The highest BCUT2D eigenvalue weighted by Gasteiger charge is 2.24. The zero-order valence-corrected chi connectivity index (χ0v) is 8.42. The third-order valence-corrected chi connectivity index (χ3v) is 3.33. The summed E-state index contributed by atoms with van der Waals surface area (Å²) in [5, 5.41) is 9.36. The van der Waals surface area contributed by atoms with Gasteiger partial charge in [-0.1, -0.05) is 26.7 Å². The molecule has 1 saturated carbocycles. The molecule has 0 amide bonds. The molecule has 0 saturated heterocycles. The van der Waals surface area contributed by atoms with Crippen molar-refractivity contribution in [3.05, 3.63) is 0 Å². The summed E-state index contributed by atoms with van der Waals surface area (Å²) in [4.78, 5) is 0. The summed E-state index contributed by atoms with van der Waals surface area (Å²) in [6.07, 6.45) is 7.36. The van der Waals surface area contributed by atoms with Crippen LogP contribution < -0.4 is 0 Å². The van der Waals surface area contributed by atoms with Crippen molar-refractivity contribution in [3.63, 3.8) is 0 Å². The lowest BCUT2D eigenvalue weighted by atomic mass is 9.90. The lowest BCUT2D eigenvalue weighted by Crippen LogP contribution is -2.06. The minimum Gasteiger partial charge on any atom is -0.393 e. The van der Waals surface area contributed by atoms with Crippen molar-refractivity contribution >= 4 is 0 Å². The van der Waals surface area contributed by atoms with E-state index < -0.39 is 0 Å². The zero-order valence-electron chi connectivity index (χ0n) is 8.42. The van der Waals surface area contributed by atoms with Crippen LogP contribution in [0.3, 0.4) is 0 Å². The van der Waals surface area contributed by atoms with E-state index in [1.165, 1.54) is 25.7 Å². The first-order chi connectivity index (χ1) is 5.76. The minimum atomic E-state index is 0.0179. The third-order valence-electron chi connectivity index (χ3n) is 3.33. The zero-order chi connectivity index (χ0) is 8.97. The fourth-order valence-electron chi connectivity index (χ4n) is 2.36. The predicted molar refractivity (Wildman–Crippen MR) is 52.0 cm³/mol. The van der Waals surface area contributed by atoms with E-state index in [4.69, 9.17) is 0 Å². The molecule has 1 aliphatic rings. The van der Waals surface area contributed by atoms with Crippen LogP contribution >= 0.6 is 0 Å². The molecule has 0 aliphatic heterocycles. The number of hydrogen-bond acceptors (Lipinski definition) is 1. The molecule has 1 nitrogen and oxygen atoms in total. The summed E-state index contributed by atoms with van der Waals surface area (Å²) in [5.74, 6) is 1.73. The molecule has 0 aromatic heterocycles. The molecule has 72 valence electrons. The van der Waals surface area contributed by atoms with Crippen LogP contribution in [0.15, 0.2) is 0 Å². The van der Waals surface area contributed by atoms with E-state index in [-0.39, 0.29) is 6.10 Å². The summed E-state index contributed by atoms with van der Waals surface area (Å²) in [7, 11) is 0. The molecule has 1 fully saturated rings. The average molecular weight is 170 g/mol. The molecule has 12 heavy (non-hydrogen) atoms. The Morgan fingerprint density at radius 1 is 1.25 bits per heavy atom. The lowest BCUT2D eigenvalue weighted by Gasteiger charge is -2.16. The van der Waals surface area contributed by atoms with E-state index in [9.17, 15) is 5.11 Å². The number of aliphatic hydroxyl groups excluding tert-OH is 1. The van der Waals surface area contributed by atoms with Crippen molar-refractivity contribution in [3.8, 4) is 0 Å². The SMILES string of the molecule is CCC(CC)CC1CCC(O)C1. The Morgan fingerprint density at radius 3 is 2.33 bits per heavy atom. The standard InChI is InChI=1S/C11H22O/c1-3-9(4-2)7-10-5-6-11(12)8-10/h9-12H,3-8H2,1-2H3. The Bertz CT molecular complexity index is 118. The summed E-state index contributed by atoms with van der Waals surface area (Å²) >= 11 is 0. The number of hydrogen-bond donors (Lipinski definition) is 1. The summed E-state index contributed by atoms with van der Waals surface area (Å²) in [6, 6.07) is 0. The quantitative estimate of drug-likeness (QED) is 0.687. The smallest absolute Gasteiger partial charge is 0.0543 e. The summed E-state index contributed by atoms with van der Waals surface area (Å²) in [5.41, 5.74) is 0. The van der Waals surface area contributed by atoms with Gasteiger partial charge in [0, 0.05) is 0 Å².